The van der Waals surface area contributed by atoms with Gasteiger partial charge >= 0.3 is 5.97 Å². The summed E-state index contributed by atoms with van der Waals surface area (Å²) >= 11 is 1.46. The molecule has 0 radical (unpaired) electrons. The van der Waals surface area contributed by atoms with Gasteiger partial charge in [-0.25, -0.2) is 4.79 Å². The predicted octanol–water partition coefficient (Wildman–Crippen LogP) is 4.43. The molecular weight excluding hydrogens is 378 g/mol. The Morgan fingerprint density at radius 3 is 3.00 bits per heavy atom. The second-order valence-corrected chi connectivity index (χ2v) is 7.75. The first-order valence-electron chi connectivity index (χ1n) is 9.39. The summed E-state index contributed by atoms with van der Waals surface area (Å²) in [7, 11) is 0. The Morgan fingerprint density at radius 1 is 1.36 bits per heavy atom. The molecule has 3 heterocycles. The molecule has 8 heteroatoms. The molecule has 146 valence electrons. The number of fused-ring (bicyclic) bond motifs is 1. The van der Waals surface area contributed by atoms with Crippen molar-refractivity contribution >= 4 is 28.2 Å². The van der Waals surface area contributed by atoms with Gasteiger partial charge in [0.1, 0.15) is 10.7 Å². The van der Waals surface area contributed by atoms with E-state index in [0.29, 0.717) is 28.6 Å². The zero-order chi connectivity index (χ0) is 19.5. The highest BCUT2D eigenvalue weighted by atomic mass is 32.1. The van der Waals surface area contributed by atoms with Gasteiger partial charge in [-0.05, 0) is 49.8 Å². The third-order valence-corrected chi connectivity index (χ3v) is 5.84. The Bertz CT molecular complexity index is 987. The van der Waals surface area contributed by atoms with E-state index in [9.17, 15) is 9.59 Å². The number of hydrogen-bond acceptors (Lipinski definition) is 6. The number of aromatic nitrogens is 2. The first kappa shape index (κ1) is 18.5. The summed E-state index contributed by atoms with van der Waals surface area (Å²) in [5.74, 6) is -0.144. The van der Waals surface area contributed by atoms with Crippen molar-refractivity contribution < 1.29 is 18.7 Å². The molecule has 0 saturated heterocycles. The SMILES string of the molecule is CCCOC(=O)c1c(NC(=O)c2cc(-c3ccco3)[nH]n2)sc2c1CCCC2. The van der Waals surface area contributed by atoms with E-state index >= 15 is 0 Å². The zero-order valence-electron chi connectivity index (χ0n) is 15.5. The van der Waals surface area contributed by atoms with E-state index < -0.39 is 0 Å². The second kappa shape index (κ2) is 8.02. The van der Waals surface area contributed by atoms with Crippen molar-refractivity contribution in [3.8, 4) is 11.5 Å². The summed E-state index contributed by atoms with van der Waals surface area (Å²) in [6.45, 7) is 2.32. The smallest absolute Gasteiger partial charge is 0.341 e. The zero-order valence-corrected chi connectivity index (χ0v) is 16.4. The number of aromatic amines is 1. The van der Waals surface area contributed by atoms with Crippen LogP contribution in [-0.4, -0.2) is 28.7 Å². The number of ether oxygens (including phenoxy) is 1. The minimum absolute atomic E-state index is 0.227. The van der Waals surface area contributed by atoms with Crippen LogP contribution >= 0.6 is 11.3 Å². The van der Waals surface area contributed by atoms with Gasteiger partial charge in [0, 0.05) is 10.9 Å². The molecule has 28 heavy (non-hydrogen) atoms. The Kier molecular flexibility index (Phi) is 5.29. The summed E-state index contributed by atoms with van der Waals surface area (Å²) < 4.78 is 10.7. The van der Waals surface area contributed by atoms with Crippen LogP contribution in [0, 0.1) is 0 Å². The molecule has 0 spiro atoms. The van der Waals surface area contributed by atoms with Gasteiger partial charge in [-0.3, -0.25) is 9.89 Å². The minimum atomic E-state index is -0.378. The molecule has 0 saturated carbocycles. The fourth-order valence-electron chi connectivity index (χ4n) is 3.30. The largest absolute Gasteiger partial charge is 0.463 e. The molecule has 3 aromatic heterocycles. The number of carbonyl (C=O) groups excluding carboxylic acids is 2. The molecule has 0 atom stereocenters. The Labute approximate surface area is 166 Å². The number of aryl methyl sites for hydroxylation is 1. The second-order valence-electron chi connectivity index (χ2n) is 6.65. The number of amides is 1. The van der Waals surface area contributed by atoms with Crippen molar-refractivity contribution in [1.82, 2.24) is 10.2 Å². The lowest BCUT2D eigenvalue weighted by atomic mass is 9.95. The topological polar surface area (TPSA) is 97.2 Å². The average molecular weight is 399 g/mol. The summed E-state index contributed by atoms with van der Waals surface area (Å²) in [4.78, 5) is 26.5. The molecule has 4 rings (SSSR count). The van der Waals surface area contributed by atoms with E-state index in [1.807, 2.05) is 6.92 Å². The van der Waals surface area contributed by atoms with E-state index in [1.54, 1.807) is 24.5 Å². The number of nitrogens with zero attached hydrogens (tertiary/aromatic N) is 1. The van der Waals surface area contributed by atoms with Gasteiger partial charge in [-0.15, -0.1) is 11.3 Å². The molecule has 0 unspecified atom stereocenters. The number of esters is 1. The van der Waals surface area contributed by atoms with Gasteiger partial charge in [0.05, 0.1) is 18.4 Å². The number of hydrogen-bond donors (Lipinski definition) is 2. The van der Waals surface area contributed by atoms with Crippen LogP contribution < -0.4 is 5.32 Å². The summed E-state index contributed by atoms with van der Waals surface area (Å²) in [5.41, 5.74) is 2.36. The number of rotatable bonds is 6. The molecule has 1 aliphatic rings. The normalized spacial score (nSPS) is 13.2. The van der Waals surface area contributed by atoms with Gasteiger partial charge in [-0.2, -0.15) is 5.10 Å². The van der Waals surface area contributed by atoms with E-state index in [2.05, 4.69) is 15.5 Å². The van der Waals surface area contributed by atoms with Crippen LogP contribution in [0.3, 0.4) is 0 Å². The van der Waals surface area contributed by atoms with E-state index in [-0.39, 0.29) is 17.6 Å². The highest BCUT2D eigenvalue weighted by Gasteiger charge is 2.28. The van der Waals surface area contributed by atoms with Gasteiger partial charge in [0.2, 0.25) is 0 Å². The van der Waals surface area contributed by atoms with Gasteiger partial charge in [-0.1, -0.05) is 6.92 Å². The van der Waals surface area contributed by atoms with Gasteiger partial charge in [0.25, 0.3) is 5.91 Å². The van der Waals surface area contributed by atoms with Crippen LogP contribution in [0.1, 0.15) is 57.5 Å². The molecule has 0 aliphatic heterocycles. The van der Waals surface area contributed by atoms with Crippen molar-refractivity contribution in [3.05, 3.63) is 46.2 Å². The Hall–Kier alpha value is -2.87. The molecule has 1 amide bonds. The predicted molar refractivity (Wildman–Crippen MR) is 106 cm³/mol. The maximum Gasteiger partial charge on any atom is 0.341 e. The maximum atomic E-state index is 12.7. The van der Waals surface area contributed by atoms with Crippen molar-refractivity contribution in [1.29, 1.82) is 0 Å². The molecule has 7 nitrogen and oxygen atoms in total. The molecule has 3 aromatic rings. The summed E-state index contributed by atoms with van der Waals surface area (Å²) in [6.07, 6.45) is 6.20. The van der Waals surface area contributed by atoms with Crippen LogP contribution in [-0.2, 0) is 17.6 Å². The van der Waals surface area contributed by atoms with Crippen molar-refractivity contribution in [2.24, 2.45) is 0 Å². The van der Waals surface area contributed by atoms with Crippen LogP contribution in [0.25, 0.3) is 11.5 Å². The number of nitrogens with one attached hydrogen (secondary N) is 2. The third kappa shape index (κ3) is 3.60. The van der Waals surface area contributed by atoms with E-state index in [0.717, 1.165) is 42.5 Å². The number of furan rings is 1. The highest BCUT2D eigenvalue weighted by molar-refractivity contribution is 7.17. The number of carbonyl (C=O) groups is 2. The van der Waals surface area contributed by atoms with Gasteiger partial charge in [0.15, 0.2) is 11.5 Å². The van der Waals surface area contributed by atoms with E-state index in [4.69, 9.17) is 9.15 Å². The molecule has 2 N–H and O–H groups in total. The van der Waals surface area contributed by atoms with Crippen LogP contribution in [0.2, 0.25) is 0 Å². The van der Waals surface area contributed by atoms with Crippen LogP contribution in [0.5, 0.6) is 0 Å². The molecule has 0 bridgehead atoms. The molecule has 0 aromatic carbocycles. The van der Waals surface area contributed by atoms with Crippen LogP contribution in [0.4, 0.5) is 5.00 Å². The first-order chi connectivity index (χ1) is 13.7. The lowest BCUT2D eigenvalue weighted by molar-refractivity contribution is 0.0505. The van der Waals surface area contributed by atoms with Crippen molar-refractivity contribution in [2.45, 2.75) is 39.0 Å². The average Bonchev–Trinajstić information content (AvgIpc) is 3.44. The van der Waals surface area contributed by atoms with Crippen LogP contribution in [0.15, 0.2) is 28.9 Å². The number of anilines is 1. The van der Waals surface area contributed by atoms with E-state index in [1.165, 1.54) is 11.3 Å². The minimum Gasteiger partial charge on any atom is -0.463 e. The summed E-state index contributed by atoms with van der Waals surface area (Å²) in [5, 5.41) is 10.3. The lowest BCUT2D eigenvalue weighted by Gasteiger charge is -2.12. The number of H-pyrrole nitrogens is 1. The molecular formula is C20H21N3O4S. The first-order valence-corrected chi connectivity index (χ1v) is 10.2. The highest BCUT2D eigenvalue weighted by Crippen LogP contribution is 2.38. The lowest BCUT2D eigenvalue weighted by Crippen LogP contribution is -2.16. The quantitative estimate of drug-likeness (QED) is 0.598. The monoisotopic (exact) mass is 399 g/mol. The van der Waals surface area contributed by atoms with Gasteiger partial charge < -0.3 is 14.5 Å². The van der Waals surface area contributed by atoms with Crippen molar-refractivity contribution in [2.75, 3.05) is 11.9 Å². The molecule has 0 fully saturated rings. The fourth-order valence-corrected chi connectivity index (χ4v) is 4.57. The maximum absolute atomic E-state index is 12.7. The fraction of sp³-hybridized carbons (Fsp3) is 0.350. The molecule has 1 aliphatic carbocycles. The third-order valence-electron chi connectivity index (χ3n) is 4.64. The van der Waals surface area contributed by atoms with Crippen molar-refractivity contribution in [3.63, 3.8) is 0 Å². The standard InChI is InChI=1S/C20H21N3O4S/c1-2-9-27-20(25)17-12-6-3-4-8-16(12)28-19(17)21-18(24)14-11-13(22-23-14)15-7-5-10-26-15/h5,7,10-11H,2-4,6,8-9H2,1H3,(H,21,24)(H,22,23). The number of thiophene rings is 1. The summed E-state index contributed by atoms with van der Waals surface area (Å²) in [6, 6.07) is 5.17. The Balaban J connectivity index is 1.59. The Morgan fingerprint density at radius 2 is 2.21 bits per heavy atom.